The Bertz CT molecular complexity index is 436. The van der Waals surface area contributed by atoms with Gasteiger partial charge in [0.15, 0.2) is 0 Å². The Kier molecular flexibility index (Phi) is 6.18. The lowest BCUT2D eigenvalue weighted by Gasteiger charge is -2.10. The first-order chi connectivity index (χ1) is 8.91. The van der Waals surface area contributed by atoms with Crippen molar-refractivity contribution in [3.8, 4) is 0 Å². The molecule has 1 heterocycles. The largest absolute Gasteiger partial charge is 0.377 e. The van der Waals surface area contributed by atoms with E-state index >= 15 is 0 Å². The van der Waals surface area contributed by atoms with Crippen LogP contribution >= 0.6 is 11.6 Å². The third-order valence-corrected chi connectivity index (χ3v) is 2.61. The second kappa shape index (κ2) is 7.40. The van der Waals surface area contributed by atoms with Gasteiger partial charge in [0.1, 0.15) is 11.5 Å². The van der Waals surface area contributed by atoms with Gasteiger partial charge in [-0.1, -0.05) is 25.4 Å². The van der Waals surface area contributed by atoms with E-state index < -0.39 is 0 Å². The number of carbonyl (C=O) groups is 1. The summed E-state index contributed by atoms with van der Waals surface area (Å²) in [5.74, 6) is 0.447. The standard InChI is InChI=1S/C13H20ClN3O2/c1-8(2)12-16-7-10(14)11(17-12)13(18)15-5-6-19-9(3)4/h7-9H,5-6H2,1-4H3,(H,15,18). The molecule has 0 atom stereocenters. The third kappa shape index (κ3) is 5.12. The lowest BCUT2D eigenvalue weighted by atomic mass is 10.2. The first kappa shape index (κ1) is 15.9. The molecule has 1 aromatic heterocycles. The first-order valence-corrected chi connectivity index (χ1v) is 6.71. The highest BCUT2D eigenvalue weighted by atomic mass is 35.5. The smallest absolute Gasteiger partial charge is 0.271 e. The number of nitrogens with zero attached hydrogens (tertiary/aromatic N) is 2. The van der Waals surface area contributed by atoms with E-state index in [1.165, 1.54) is 6.20 Å². The molecule has 1 aromatic rings. The molecule has 0 aliphatic carbocycles. The van der Waals surface area contributed by atoms with Crippen LogP contribution in [0.5, 0.6) is 0 Å². The number of halogens is 1. The summed E-state index contributed by atoms with van der Waals surface area (Å²) in [6, 6.07) is 0. The van der Waals surface area contributed by atoms with Crippen LogP contribution in [-0.4, -0.2) is 35.1 Å². The maximum atomic E-state index is 11.9. The topological polar surface area (TPSA) is 64.1 Å². The van der Waals surface area contributed by atoms with Crippen molar-refractivity contribution in [1.82, 2.24) is 15.3 Å². The molecule has 0 saturated carbocycles. The molecule has 0 unspecified atom stereocenters. The van der Waals surface area contributed by atoms with E-state index in [1.807, 2.05) is 27.7 Å². The van der Waals surface area contributed by atoms with Crippen molar-refractivity contribution in [2.45, 2.75) is 39.7 Å². The van der Waals surface area contributed by atoms with Gasteiger partial charge in [0.2, 0.25) is 0 Å². The average Bonchev–Trinajstić information content (AvgIpc) is 2.34. The van der Waals surface area contributed by atoms with Gasteiger partial charge in [-0.2, -0.15) is 0 Å². The van der Waals surface area contributed by atoms with E-state index in [1.54, 1.807) is 0 Å². The number of ether oxygens (including phenoxy) is 1. The molecule has 106 valence electrons. The maximum Gasteiger partial charge on any atom is 0.271 e. The molecule has 19 heavy (non-hydrogen) atoms. The highest BCUT2D eigenvalue weighted by Crippen LogP contribution is 2.16. The van der Waals surface area contributed by atoms with Crippen molar-refractivity contribution in [3.05, 3.63) is 22.7 Å². The monoisotopic (exact) mass is 285 g/mol. The molecule has 0 bridgehead atoms. The summed E-state index contributed by atoms with van der Waals surface area (Å²) in [6.07, 6.45) is 1.61. The lowest BCUT2D eigenvalue weighted by Crippen LogP contribution is -2.29. The molecular formula is C13H20ClN3O2. The van der Waals surface area contributed by atoms with Crippen molar-refractivity contribution in [2.24, 2.45) is 0 Å². The quantitative estimate of drug-likeness (QED) is 0.815. The number of hydrogen-bond donors (Lipinski definition) is 1. The second-order valence-electron chi connectivity index (χ2n) is 4.75. The van der Waals surface area contributed by atoms with Crippen LogP contribution in [0.25, 0.3) is 0 Å². The number of amides is 1. The molecule has 1 N–H and O–H groups in total. The fourth-order valence-electron chi connectivity index (χ4n) is 1.36. The summed E-state index contributed by atoms with van der Waals surface area (Å²) in [5, 5.41) is 2.98. The Morgan fingerprint density at radius 2 is 2.11 bits per heavy atom. The fourth-order valence-corrected chi connectivity index (χ4v) is 1.54. The molecule has 0 spiro atoms. The van der Waals surface area contributed by atoms with Gasteiger partial charge in [-0.15, -0.1) is 0 Å². The van der Waals surface area contributed by atoms with Crippen molar-refractivity contribution in [2.75, 3.05) is 13.2 Å². The van der Waals surface area contributed by atoms with Gasteiger partial charge < -0.3 is 10.1 Å². The highest BCUT2D eigenvalue weighted by molar-refractivity contribution is 6.33. The third-order valence-electron chi connectivity index (χ3n) is 2.33. The van der Waals surface area contributed by atoms with Gasteiger partial charge in [-0.3, -0.25) is 4.79 Å². The Balaban J connectivity index is 2.63. The molecule has 1 amide bonds. The van der Waals surface area contributed by atoms with E-state index in [0.717, 1.165) is 0 Å². The number of hydrogen-bond acceptors (Lipinski definition) is 4. The first-order valence-electron chi connectivity index (χ1n) is 6.34. The zero-order valence-electron chi connectivity index (χ0n) is 11.7. The molecule has 1 rings (SSSR count). The Morgan fingerprint density at radius 3 is 2.68 bits per heavy atom. The summed E-state index contributed by atoms with van der Waals surface area (Å²) in [6.45, 7) is 8.69. The fraction of sp³-hybridized carbons (Fsp3) is 0.615. The van der Waals surface area contributed by atoms with E-state index in [-0.39, 0.29) is 28.6 Å². The van der Waals surface area contributed by atoms with Crippen LogP contribution in [0.1, 0.15) is 49.9 Å². The number of nitrogens with one attached hydrogen (secondary N) is 1. The lowest BCUT2D eigenvalue weighted by molar-refractivity contribution is 0.0744. The van der Waals surface area contributed by atoms with Crippen molar-refractivity contribution in [1.29, 1.82) is 0 Å². The van der Waals surface area contributed by atoms with Crippen LogP contribution in [-0.2, 0) is 4.74 Å². The maximum absolute atomic E-state index is 11.9. The number of carbonyl (C=O) groups excluding carboxylic acids is 1. The normalized spacial score (nSPS) is 11.1. The minimum Gasteiger partial charge on any atom is -0.377 e. The molecular weight excluding hydrogens is 266 g/mol. The van der Waals surface area contributed by atoms with Gasteiger partial charge in [0, 0.05) is 12.5 Å². The zero-order valence-corrected chi connectivity index (χ0v) is 12.5. The predicted molar refractivity (Wildman–Crippen MR) is 74.6 cm³/mol. The summed E-state index contributed by atoms with van der Waals surface area (Å²) in [4.78, 5) is 20.2. The van der Waals surface area contributed by atoms with Gasteiger partial charge in [-0.05, 0) is 13.8 Å². The van der Waals surface area contributed by atoms with Crippen molar-refractivity contribution in [3.63, 3.8) is 0 Å². The van der Waals surface area contributed by atoms with Crippen molar-refractivity contribution < 1.29 is 9.53 Å². The van der Waals surface area contributed by atoms with Crippen LogP contribution in [0.3, 0.4) is 0 Å². The average molecular weight is 286 g/mol. The molecule has 0 aliphatic rings. The van der Waals surface area contributed by atoms with Gasteiger partial charge in [0.05, 0.1) is 23.9 Å². The van der Waals surface area contributed by atoms with E-state index in [0.29, 0.717) is 19.0 Å². The van der Waals surface area contributed by atoms with Gasteiger partial charge in [-0.25, -0.2) is 9.97 Å². The van der Waals surface area contributed by atoms with E-state index in [4.69, 9.17) is 16.3 Å². The Hall–Kier alpha value is -1.20. The molecule has 0 radical (unpaired) electrons. The Labute approximate surface area is 118 Å². The summed E-state index contributed by atoms with van der Waals surface area (Å²) in [7, 11) is 0. The number of aromatic nitrogens is 2. The summed E-state index contributed by atoms with van der Waals surface area (Å²) >= 11 is 5.94. The SMILES string of the molecule is CC(C)OCCNC(=O)c1nc(C(C)C)ncc1Cl. The minimum atomic E-state index is -0.304. The number of rotatable bonds is 6. The molecule has 0 aromatic carbocycles. The van der Waals surface area contributed by atoms with Gasteiger partial charge >= 0.3 is 0 Å². The van der Waals surface area contributed by atoms with Crippen LogP contribution in [0.4, 0.5) is 0 Å². The van der Waals surface area contributed by atoms with Gasteiger partial charge in [0.25, 0.3) is 5.91 Å². The highest BCUT2D eigenvalue weighted by Gasteiger charge is 2.15. The molecule has 5 nitrogen and oxygen atoms in total. The van der Waals surface area contributed by atoms with Crippen LogP contribution in [0.2, 0.25) is 5.02 Å². The molecule has 0 aliphatic heterocycles. The van der Waals surface area contributed by atoms with Crippen LogP contribution in [0, 0.1) is 0 Å². The Morgan fingerprint density at radius 1 is 1.42 bits per heavy atom. The van der Waals surface area contributed by atoms with E-state index in [9.17, 15) is 4.79 Å². The summed E-state index contributed by atoms with van der Waals surface area (Å²) in [5.41, 5.74) is 0.213. The molecule has 0 saturated heterocycles. The second-order valence-corrected chi connectivity index (χ2v) is 5.16. The predicted octanol–water partition coefficient (Wildman–Crippen LogP) is 2.41. The minimum absolute atomic E-state index is 0.145. The van der Waals surface area contributed by atoms with Crippen LogP contribution < -0.4 is 5.32 Å². The summed E-state index contributed by atoms with van der Waals surface area (Å²) < 4.78 is 5.34. The zero-order chi connectivity index (χ0) is 14.4. The van der Waals surface area contributed by atoms with Crippen LogP contribution in [0.15, 0.2) is 6.20 Å². The van der Waals surface area contributed by atoms with Crippen molar-refractivity contribution >= 4 is 17.5 Å². The molecule has 6 heteroatoms. The van der Waals surface area contributed by atoms with E-state index in [2.05, 4.69) is 15.3 Å². The molecule has 0 fully saturated rings.